The molecule has 0 unspecified atom stereocenters. The van der Waals surface area contributed by atoms with Crippen molar-refractivity contribution in [2.45, 2.75) is 6.92 Å². The lowest BCUT2D eigenvalue weighted by Gasteiger charge is -2.23. The third-order valence-corrected chi connectivity index (χ3v) is 3.42. The molecule has 3 nitrogen and oxygen atoms in total. The summed E-state index contributed by atoms with van der Waals surface area (Å²) in [4.78, 5) is 13.5. The standard InChI is InChI=1S/C15H13Cl2NO2/c1-10(19)18(11-6-8-12(20-2)9-7-11)15-13(16)4-3-5-14(15)17/h3-9H,1-2H3. The molecule has 20 heavy (non-hydrogen) atoms. The minimum atomic E-state index is -0.176. The first kappa shape index (κ1) is 14.7. The van der Waals surface area contributed by atoms with Gasteiger partial charge in [0.15, 0.2) is 0 Å². The molecule has 0 N–H and O–H groups in total. The molecule has 0 bridgehead atoms. The Bertz CT molecular complexity index is 606. The van der Waals surface area contributed by atoms with Crippen LogP contribution in [0, 0.1) is 0 Å². The molecule has 1 amide bonds. The molecule has 0 fully saturated rings. The molecule has 2 aromatic rings. The van der Waals surface area contributed by atoms with Gasteiger partial charge in [-0.2, -0.15) is 0 Å². The fourth-order valence-electron chi connectivity index (χ4n) is 1.90. The number of carbonyl (C=O) groups is 1. The van der Waals surface area contributed by atoms with E-state index in [2.05, 4.69) is 0 Å². The summed E-state index contributed by atoms with van der Waals surface area (Å²) in [7, 11) is 1.59. The van der Waals surface area contributed by atoms with Crippen LogP contribution in [0.25, 0.3) is 0 Å². The molecule has 0 aliphatic carbocycles. The SMILES string of the molecule is COc1ccc(N(C(C)=O)c2c(Cl)cccc2Cl)cc1. The van der Waals surface area contributed by atoms with Crippen molar-refractivity contribution in [2.75, 3.05) is 12.0 Å². The minimum absolute atomic E-state index is 0.176. The van der Waals surface area contributed by atoms with Crippen LogP contribution >= 0.6 is 23.2 Å². The number of anilines is 2. The number of benzene rings is 2. The molecule has 0 saturated carbocycles. The van der Waals surface area contributed by atoms with E-state index in [1.807, 2.05) is 0 Å². The van der Waals surface area contributed by atoms with Crippen LogP contribution in [0.2, 0.25) is 10.0 Å². The van der Waals surface area contributed by atoms with Gasteiger partial charge in [0.2, 0.25) is 5.91 Å². The molecule has 104 valence electrons. The third-order valence-electron chi connectivity index (χ3n) is 2.81. The van der Waals surface area contributed by atoms with Crippen LogP contribution in [-0.4, -0.2) is 13.0 Å². The molecule has 0 aliphatic rings. The quantitative estimate of drug-likeness (QED) is 0.823. The Balaban J connectivity index is 2.53. The lowest BCUT2D eigenvalue weighted by molar-refractivity contribution is -0.115. The van der Waals surface area contributed by atoms with E-state index in [4.69, 9.17) is 27.9 Å². The van der Waals surface area contributed by atoms with Crippen molar-refractivity contribution in [3.63, 3.8) is 0 Å². The maximum Gasteiger partial charge on any atom is 0.228 e. The van der Waals surface area contributed by atoms with Gasteiger partial charge in [-0.05, 0) is 36.4 Å². The Labute approximate surface area is 127 Å². The first-order chi connectivity index (χ1) is 9.54. The summed E-state index contributed by atoms with van der Waals surface area (Å²) in [5.41, 5.74) is 1.15. The topological polar surface area (TPSA) is 29.5 Å². The number of carbonyl (C=O) groups excluding carboxylic acids is 1. The van der Waals surface area contributed by atoms with E-state index in [9.17, 15) is 4.79 Å². The van der Waals surface area contributed by atoms with Gasteiger partial charge >= 0.3 is 0 Å². The number of halogens is 2. The van der Waals surface area contributed by atoms with E-state index in [0.717, 1.165) is 0 Å². The van der Waals surface area contributed by atoms with Gasteiger partial charge in [-0.15, -0.1) is 0 Å². The highest BCUT2D eigenvalue weighted by Crippen LogP contribution is 2.38. The zero-order chi connectivity index (χ0) is 14.7. The largest absolute Gasteiger partial charge is 0.497 e. The van der Waals surface area contributed by atoms with Crippen molar-refractivity contribution in [1.29, 1.82) is 0 Å². The second-order valence-electron chi connectivity index (χ2n) is 4.12. The Morgan fingerprint density at radius 3 is 2.05 bits per heavy atom. The number of hydrogen-bond acceptors (Lipinski definition) is 2. The molecule has 0 heterocycles. The smallest absolute Gasteiger partial charge is 0.228 e. The van der Waals surface area contributed by atoms with Gasteiger partial charge < -0.3 is 4.74 Å². The fraction of sp³-hybridized carbons (Fsp3) is 0.133. The van der Waals surface area contributed by atoms with E-state index in [0.29, 0.717) is 27.2 Å². The molecular weight excluding hydrogens is 297 g/mol. The summed E-state index contributed by atoms with van der Waals surface area (Å²) in [5.74, 6) is 0.535. The predicted molar refractivity (Wildman–Crippen MR) is 82.3 cm³/mol. The Morgan fingerprint density at radius 2 is 1.60 bits per heavy atom. The van der Waals surface area contributed by atoms with E-state index >= 15 is 0 Å². The molecular formula is C15H13Cl2NO2. The normalized spacial score (nSPS) is 10.2. The van der Waals surface area contributed by atoms with Crippen LogP contribution in [0.15, 0.2) is 42.5 Å². The molecule has 0 saturated heterocycles. The van der Waals surface area contributed by atoms with Gasteiger partial charge in [0.05, 0.1) is 22.8 Å². The van der Waals surface area contributed by atoms with Gasteiger partial charge in [-0.3, -0.25) is 9.69 Å². The first-order valence-corrected chi connectivity index (χ1v) is 6.69. The number of ether oxygens (including phenoxy) is 1. The number of methoxy groups -OCH3 is 1. The summed E-state index contributed by atoms with van der Waals surface area (Å²) in [6, 6.07) is 12.2. The molecule has 0 aliphatic heterocycles. The monoisotopic (exact) mass is 309 g/mol. The lowest BCUT2D eigenvalue weighted by atomic mass is 10.2. The second-order valence-corrected chi connectivity index (χ2v) is 4.94. The zero-order valence-corrected chi connectivity index (χ0v) is 12.6. The molecule has 0 atom stereocenters. The number of hydrogen-bond donors (Lipinski definition) is 0. The maximum atomic E-state index is 12.0. The van der Waals surface area contributed by atoms with Crippen molar-refractivity contribution in [1.82, 2.24) is 0 Å². The molecule has 0 aromatic heterocycles. The van der Waals surface area contributed by atoms with Gasteiger partial charge in [0.25, 0.3) is 0 Å². The van der Waals surface area contributed by atoms with Crippen LogP contribution in [0.4, 0.5) is 11.4 Å². The van der Waals surface area contributed by atoms with Crippen LogP contribution in [0.3, 0.4) is 0 Å². The average Bonchev–Trinajstić information content (AvgIpc) is 2.43. The molecule has 0 radical (unpaired) electrons. The van der Waals surface area contributed by atoms with Crippen molar-refractivity contribution in [3.05, 3.63) is 52.5 Å². The summed E-state index contributed by atoms with van der Waals surface area (Å²) >= 11 is 12.3. The number of nitrogens with zero attached hydrogens (tertiary/aromatic N) is 1. The molecule has 5 heteroatoms. The van der Waals surface area contributed by atoms with E-state index in [-0.39, 0.29) is 5.91 Å². The average molecular weight is 310 g/mol. The maximum absolute atomic E-state index is 12.0. The molecule has 0 spiro atoms. The van der Waals surface area contributed by atoms with Crippen molar-refractivity contribution < 1.29 is 9.53 Å². The van der Waals surface area contributed by atoms with E-state index in [1.54, 1.807) is 49.6 Å². The van der Waals surface area contributed by atoms with Gasteiger partial charge in [0, 0.05) is 12.6 Å². The van der Waals surface area contributed by atoms with E-state index in [1.165, 1.54) is 11.8 Å². The molecule has 2 rings (SSSR count). The van der Waals surface area contributed by atoms with Crippen LogP contribution in [0.5, 0.6) is 5.75 Å². The highest BCUT2D eigenvalue weighted by molar-refractivity contribution is 6.40. The zero-order valence-electron chi connectivity index (χ0n) is 11.1. The Hall–Kier alpha value is -1.71. The van der Waals surface area contributed by atoms with Crippen molar-refractivity contribution >= 4 is 40.5 Å². The van der Waals surface area contributed by atoms with Gasteiger partial charge in [-0.25, -0.2) is 0 Å². The first-order valence-electron chi connectivity index (χ1n) is 5.93. The van der Waals surface area contributed by atoms with E-state index < -0.39 is 0 Å². The van der Waals surface area contributed by atoms with Crippen LogP contribution in [0.1, 0.15) is 6.92 Å². The molecule has 2 aromatic carbocycles. The Morgan fingerprint density at radius 1 is 1.05 bits per heavy atom. The summed E-state index contributed by atoms with van der Waals surface area (Å²) in [6.07, 6.45) is 0. The van der Waals surface area contributed by atoms with Crippen molar-refractivity contribution in [2.24, 2.45) is 0 Å². The number of amides is 1. The van der Waals surface area contributed by atoms with Gasteiger partial charge in [0.1, 0.15) is 5.75 Å². The second kappa shape index (κ2) is 6.16. The number of para-hydroxylation sites is 1. The highest BCUT2D eigenvalue weighted by Gasteiger charge is 2.19. The predicted octanol–water partition coefficient (Wildman–Crippen LogP) is 4.69. The summed E-state index contributed by atoms with van der Waals surface area (Å²) in [6.45, 7) is 1.46. The highest BCUT2D eigenvalue weighted by atomic mass is 35.5. The summed E-state index contributed by atoms with van der Waals surface area (Å²) in [5, 5.41) is 0.840. The van der Waals surface area contributed by atoms with Gasteiger partial charge in [-0.1, -0.05) is 29.3 Å². The Kier molecular flexibility index (Phi) is 4.53. The number of rotatable bonds is 3. The van der Waals surface area contributed by atoms with Crippen LogP contribution in [-0.2, 0) is 4.79 Å². The third kappa shape index (κ3) is 2.89. The van der Waals surface area contributed by atoms with Crippen LogP contribution < -0.4 is 9.64 Å². The summed E-state index contributed by atoms with van der Waals surface area (Å²) < 4.78 is 5.11. The lowest BCUT2D eigenvalue weighted by Crippen LogP contribution is -2.23. The fourth-order valence-corrected chi connectivity index (χ4v) is 2.47. The minimum Gasteiger partial charge on any atom is -0.497 e. The van der Waals surface area contributed by atoms with Crippen molar-refractivity contribution in [3.8, 4) is 5.75 Å².